The maximum Gasteiger partial charge on any atom is 0.251 e. The molecule has 0 aromatic carbocycles. The van der Waals surface area contributed by atoms with E-state index in [1.807, 2.05) is 12.3 Å². The normalized spacial score (nSPS) is 23.9. The third-order valence-electron chi connectivity index (χ3n) is 5.85. The number of amides is 1. The van der Waals surface area contributed by atoms with E-state index in [1.54, 1.807) is 4.90 Å². The molecule has 1 saturated carbocycles. The lowest BCUT2D eigenvalue weighted by Gasteiger charge is -2.35. The molecular weight excluding hydrogens is 338 g/mol. The van der Waals surface area contributed by atoms with Crippen LogP contribution in [0.25, 0.3) is 0 Å². The first-order valence-electron chi connectivity index (χ1n) is 9.74. The molecular formula is C19H26F2N4O. The van der Waals surface area contributed by atoms with Crippen molar-refractivity contribution < 1.29 is 13.6 Å². The fourth-order valence-electron chi connectivity index (χ4n) is 3.90. The molecule has 7 heteroatoms. The molecule has 3 fully saturated rings. The summed E-state index contributed by atoms with van der Waals surface area (Å²) in [5.74, 6) is 0.274. The fraction of sp³-hybridized carbons (Fsp3) is 0.737. The minimum atomic E-state index is -2.60. The zero-order chi connectivity index (χ0) is 18.1. The number of nitrogens with zero attached hydrogens (tertiary/aromatic N) is 4. The van der Waals surface area contributed by atoms with Crippen molar-refractivity contribution in [1.82, 2.24) is 14.9 Å². The largest absolute Gasteiger partial charge is 0.356 e. The number of likely N-dealkylation sites (tertiary alicyclic amines) is 1. The number of carbonyl (C=O) groups is 1. The van der Waals surface area contributed by atoms with Gasteiger partial charge in [0, 0.05) is 57.6 Å². The summed E-state index contributed by atoms with van der Waals surface area (Å²) in [7, 11) is 0. The number of rotatable bonds is 4. The highest BCUT2D eigenvalue weighted by molar-refractivity contribution is 5.76. The fourth-order valence-corrected chi connectivity index (χ4v) is 3.90. The molecule has 3 heterocycles. The molecule has 3 aliphatic rings. The van der Waals surface area contributed by atoms with E-state index in [1.165, 1.54) is 12.8 Å². The molecule has 1 aromatic heterocycles. The second-order valence-corrected chi connectivity index (χ2v) is 7.92. The monoisotopic (exact) mass is 364 g/mol. The van der Waals surface area contributed by atoms with Crippen LogP contribution in [0.5, 0.6) is 0 Å². The SMILES string of the molecule is O=C(CC1CCN(c2ccnc(C3CC3)n2)CC1)N1CCC(F)(F)CC1. The van der Waals surface area contributed by atoms with Crippen molar-refractivity contribution in [3.8, 4) is 0 Å². The van der Waals surface area contributed by atoms with E-state index in [4.69, 9.17) is 4.98 Å². The summed E-state index contributed by atoms with van der Waals surface area (Å²) < 4.78 is 26.5. The second kappa shape index (κ2) is 7.08. The Hall–Kier alpha value is -1.79. The Morgan fingerprint density at radius 2 is 1.81 bits per heavy atom. The van der Waals surface area contributed by atoms with Gasteiger partial charge in [-0.3, -0.25) is 4.79 Å². The van der Waals surface area contributed by atoms with E-state index in [0.29, 0.717) is 18.3 Å². The highest BCUT2D eigenvalue weighted by Crippen LogP contribution is 2.38. The van der Waals surface area contributed by atoms with E-state index in [9.17, 15) is 13.6 Å². The lowest BCUT2D eigenvalue weighted by molar-refractivity contribution is -0.138. The van der Waals surface area contributed by atoms with Gasteiger partial charge in [0.1, 0.15) is 11.6 Å². The third kappa shape index (κ3) is 4.13. The van der Waals surface area contributed by atoms with Crippen LogP contribution in [0.4, 0.5) is 14.6 Å². The Morgan fingerprint density at radius 3 is 2.46 bits per heavy atom. The van der Waals surface area contributed by atoms with Crippen LogP contribution in [0.1, 0.15) is 56.7 Å². The van der Waals surface area contributed by atoms with Crippen LogP contribution < -0.4 is 4.90 Å². The van der Waals surface area contributed by atoms with Crippen LogP contribution in [-0.4, -0.2) is 52.9 Å². The van der Waals surface area contributed by atoms with Gasteiger partial charge in [0.2, 0.25) is 5.91 Å². The number of alkyl halides is 2. The van der Waals surface area contributed by atoms with Crippen molar-refractivity contribution in [2.24, 2.45) is 5.92 Å². The second-order valence-electron chi connectivity index (χ2n) is 7.92. The van der Waals surface area contributed by atoms with E-state index in [2.05, 4.69) is 9.88 Å². The van der Waals surface area contributed by atoms with Crippen LogP contribution in [-0.2, 0) is 4.79 Å². The number of anilines is 1. The van der Waals surface area contributed by atoms with Gasteiger partial charge in [0.15, 0.2) is 0 Å². The molecule has 5 nitrogen and oxygen atoms in total. The highest BCUT2D eigenvalue weighted by Gasteiger charge is 2.36. The van der Waals surface area contributed by atoms with Gasteiger partial charge in [-0.2, -0.15) is 0 Å². The van der Waals surface area contributed by atoms with Crippen molar-refractivity contribution in [3.63, 3.8) is 0 Å². The van der Waals surface area contributed by atoms with Crippen molar-refractivity contribution >= 4 is 11.7 Å². The number of hydrogen-bond donors (Lipinski definition) is 0. The van der Waals surface area contributed by atoms with Crippen molar-refractivity contribution in [1.29, 1.82) is 0 Å². The van der Waals surface area contributed by atoms with Crippen molar-refractivity contribution in [2.75, 3.05) is 31.1 Å². The molecule has 26 heavy (non-hydrogen) atoms. The van der Waals surface area contributed by atoms with E-state index in [0.717, 1.165) is 37.6 Å². The van der Waals surface area contributed by atoms with Gasteiger partial charge >= 0.3 is 0 Å². The maximum absolute atomic E-state index is 13.2. The molecule has 1 aliphatic carbocycles. The zero-order valence-electron chi connectivity index (χ0n) is 15.0. The lowest BCUT2D eigenvalue weighted by Crippen LogP contribution is -2.44. The van der Waals surface area contributed by atoms with Crippen molar-refractivity contribution in [2.45, 2.75) is 56.8 Å². The molecule has 1 aromatic rings. The topological polar surface area (TPSA) is 49.3 Å². The Labute approximate surface area is 152 Å². The Balaban J connectivity index is 1.26. The van der Waals surface area contributed by atoms with Crippen LogP contribution in [0.15, 0.2) is 12.3 Å². The number of carbonyl (C=O) groups excluding carboxylic acids is 1. The molecule has 2 saturated heterocycles. The molecule has 4 rings (SSSR count). The predicted octanol–water partition coefficient (Wildman–Crippen LogP) is 3.22. The molecule has 0 unspecified atom stereocenters. The first-order chi connectivity index (χ1) is 12.5. The molecule has 2 aliphatic heterocycles. The average molecular weight is 364 g/mol. The summed E-state index contributed by atoms with van der Waals surface area (Å²) >= 11 is 0. The lowest BCUT2D eigenvalue weighted by atomic mass is 9.92. The third-order valence-corrected chi connectivity index (χ3v) is 5.85. The van der Waals surface area contributed by atoms with Crippen LogP contribution in [0.3, 0.4) is 0 Å². The standard InChI is InChI=1S/C19H26F2N4O/c20-19(21)6-11-25(12-7-19)17(26)13-14-4-9-24(10-5-14)16-3-8-22-18(23-16)15-1-2-15/h3,8,14-15H,1-2,4-7,9-13H2. The zero-order valence-corrected chi connectivity index (χ0v) is 15.0. The maximum atomic E-state index is 13.2. The van der Waals surface area contributed by atoms with E-state index >= 15 is 0 Å². The molecule has 0 N–H and O–H groups in total. The first kappa shape index (κ1) is 17.6. The summed E-state index contributed by atoms with van der Waals surface area (Å²) in [5.41, 5.74) is 0. The van der Waals surface area contributed by atoms with Gasteiger partial charge in [-0.25, -0.2) is 18.7 Å². The summed E-state index contributed by atoms with van der Waals surface area (Å²) in [5, 5.41) is 0. The van der Waals surface area contributed by atoms with Gasteiger partial charge in [-0.05, 0) is 37.7 Å². The summed E-state index contributed by atoms with van der Waals surface area (Å²) in [6.07, 6.45) is 6.19. The molecule has 142 valence electrons. The number of halogens is 2. The number of piperidine rings is 2. The Morgan fingerprint density at radius 1 is 1.12 bits per heavy atom. The van der Waals surface area contributed by atoms with E-state index < -0.39 is 5.92 Å². The molecule has 1 amide bonds. The van der Waals surface area contributed by atoms with Crippen LogP contribution in [0, 0.1) is 5.92 Å². The summed E-state index contributed by atoms with van der Waals surface area (Å²) in [6.45, 7) is 2.15. The van der Waals surface area contributed by atoms with Gasteiger partial charge in [-0.15, -0.1) is 0 Å². The Bertz CT molecular complexity index is 647. The molecule has 0 bridgehead atoms. The summed E-state index contributed by atoms with van der Waals surface area (Å²) in [6, 6.07) is 1.96. The van der Waals surface area contributed by atoms with Gasteiger partial charge in [-0.1, -0.05) is 0 Å². The predicted molar refractivity (Wildman–Crippen MR) is 94.3 cm³/mol. The molecule has 0 radical (unpaired) electrons. The van der Waals surface area contributed by atoms with Crippen LogP contribution in [0.2, 0.25) is 0 Å². The molecule has 0 spiro atoms. The Kier molecular flexibility index (Phi) is 4.80. The van der Waals surface area contributed by atoms with Gasteiger partial charge in [0.25, 0.3) is 5.92 Å². The quantitative estimate of drug-likeness (QED) is 0.823. The smallest absolute Gasteiger partial charge is 0.251 e. The summed E-state index contributed by atoms with van der Waals surface area (Å²) in [4.78, 5) is 25.4. The van der Waals surface area contributed by atoms with E-state index in [-0.39, 0.29) is 31.8 Å². The van der Waals surface area contributed by atoms with Gasteiger partial charge in [0.05, 0.1) is 0 Å². The first-order valence-corrected chi connectivity index (χ1v) is 9.74. The van der Waals surface area contributed by atoms with Crippen molar-refractivity contribution in [3.05, 3.63) is 18.1 Å². The van der Waals surface area contributed by atoms with Gasteiger partial charge < -0.3 is 9.80 Å². The number of aromatic nitrogens is 2. The minimum absolute atomic E-state index is 0.0389. The molecule has 0 atom stereocenters. The number of hydrogen-bond acceptors (Lipinski definition) is 4. The van der Waals surface area contributed by atoms with Crippen LogP contribution >= 0.6 is 0 Å². The highest BCUT2D eigenvalue weighted by atomic mass is 19.3. The average Bonchev–Trinajstić information content (AvgIpc) is 3.47. The minimum Gasteiger partial charge on any atom is -0.356 e.